The monoisotopic (exact) mass is 833 g/mol. The molecule has 2 saturated heterocycles. The number of hydrogen-bond acceptors (Lipinski definition) is 8. The number of amides is 4. The van der Waals surface area contributed by atoms with Crippen molar-refractivity contribution in [1.82, 2.24) is 45.4 Å². The molecule has 0 unspecified atom stereocenters. The molecule has 5 heterocycles. The second kappa shape index (κ2) is 15.3. The number of carbonyl (C=O) groups is 4. The van der Waals surface area contributed by atoms with Crippen molar-refractivity contribution in [2.24, 2.45) is 23.7 Å². The molecule has 16 heteroatoms. The van der Waals surface area contributed by atoms with E-state index < -0.39 is 24.3 Å². The number of H-pyrrole nitrogens is 2. The second-order valence-corrected chi connectivity index (χ2v) is 17.7. The summed E-state index contributed by atoms with van der Waals surface area (Å²) < 4.78 is 4.79. The number of ether oxygens (including phenoxy) is 1. The van der Waals surface area contributed by atoms with Gasteiger partial charge in [0.05, 0.1) is 42.3 Å². The van der Waals surface area contributed by atoms with Gasteiger partial charge in [0.15, 0.2) is 0 Å². The molecule has 4 amide bonds. The van der Waals surface area contributed by atoms with Gasteiger partial charge in [-0.05, 0) is 78.7 Å². The number of imidazole rings is 2. The quantitative estimate of drug-likeness (QED) is 0.0904. The first-order chi connectivity index (χ1) is 28.8. The predicted octanol–water partition coefficient (Wildman–Crippen LogP) is 7.33. The smallest absolute Gasteiger partial charge is 0.407 e. The second-order valence-electron chi connectivity index (χ2n) is 17.3. The number of carboxylic acid groups (broad SMARTS) is 1. The molecule has 0 bridgehead atoms. The van der Waals surface area contributed by atoms with Crippen molar-refractivity contribution >= 4 is 46.5 Å². The van der Waals surface area contributed by atoms with Crippen LogP contribution in [-0.2, 0) is 14.3 Å². The minimum absolute atomic E-state index is 0.105. The molecule has 60 heavy (non-hydrogen) atoms. The molecule has 0 spiro atoms. The Kier molecular flexibility index (Phi) is 10.0. The Balaban J connectivity index is 0.896. The van der Waals surface area contributed by atoms with Crippen LogP contribution in [0.1, 0.15) is 77.1 Å². The molecule has 2 aliphatic carbocycles. The van der Waals surface area contributed by atoms with E-state index in [9.17, 15) is 24.3 Å². The zero-order valence-electron chi connectivity index (χ0n) is 34.0. The Morgan fingerprint density at radius 3 is 1.98 bits per heavy atom. The summed E-state index contributed by atoms with van der Waals surface area (Å²) in [6.07, 6.45) is 3.32. The van der Waals surface area contributed by atoms with Crippen LogP contribution in [0.5, 0.6) is 0 Å². The van der Waals surface area contributed by atoms with Crippen molar-refractivity contribution in [3.05, 3.63) is 77.6 Å². The van der Waals surface area contributed by atoms with Gasteiger partial charge in [0.1, 0.15) is 34.6 Å². The molecule has 312 valence electrons. The Morgan fingerprint density at radius 2 is 1.37 bits per heavy atom. The third kappa shape index (κ3) is 7.22. The van der Waals surface area contributed by atoms with Gasteiger partial charge in [0, 0.05) is 23.0 Å². The van der Waals surface area contributed by atoms with Gasteiger partial charge in [-0.25, -0.2) is 24.5 Å². The Labute approximate surface area is 351 Å². The summed E-state index contributed by atoms with van der Waals surface area (Å²) in [7, 11) is 1.29. The van der Waals surface area contributed by atoms with E-state index in [-0.39, 0.29) is 47.8 Å². The topological polar surface area (TPSA) is 199 Å². The molecular formula is C44H48ClN9O6. The van der Waals surface area contributed by atoms with Crippen molar-refractivity contribution in [2.45, 2.75) is 89.6 Å². The average Bonchev–Trinajstić information content (AvgIpc) is 3.88. The summed E-state index contributed by atoms with van der Waals surface area (Å²) in [4.78, 5) is 76.0. The average molecular weight is 834 g/mol. The van der Waals surface area contributed by atoms with Crippen LogP contribution in [0.4, 0.5) is 9.59 Å². The number of aromatic amines is 2. The maximum Gasteiger partial charge on any atom is 0.407 e. The number of pyridine rings is 1. The molecule has 5 N–H and O–H groups in total. The molecule has 4 fully saturated rings. The van der Waals surface area contributed by atoms with Gasteiger partial charge in [-0.2, -0.15) is 0 Å². The summed E-state index contributed by atoms with van der Waals surface area (Å²) in [6.45, 7) is 7.48. The number of alkyl carbamates (subject to hydrolysis) is 1. The summed E-state index contributed by atoms with van der Waals surface area (Å²) in [5, 5.41) is 15.9. The fraction of sp³-hybridized carbons (Fsp3) is 0.432. The highest BCUT2D eigenvalue weighted by Gasteiger charge is 2.57. The van der Waals surface area contributed by atoms with Crippen LogP contribution in [0.15, 0.2) is 60.8 Å². The van der Waals surface area contributed by atoms with Crippen molar-refractivity contribution in [3.8, 4) is 33.8 Å². The van der Waals surface area contributed by atoms with Gasteiger partial charge in [0.2, 0.25) is 11.8 Å². The number of aromatic nitrogens is 5. The Morgan fingerprint density at radius 1 is 0.767 bits per heavy atom. The van der Waals surface area contributed by atoms with Crippen LogP contribution < -0.4 is 10.6 Å². The third-order valence-electron chi connectivity index (χ3n) is 12.7. The summed E-state index contributed by atoms with van der Waals surface area (Å²) in [5.74, 6) is 1.41. The summed E-state index contributed by atoms with van der Waals surface area (Å²) in [5.41, 5.74) is 5.75. The number of methoxy groups -OCH3 is 1. The number of nitrogens with one attached hydrogen (secondary N) is 4. The van der Waals surface area contributed by atoms with Gasteiger partial charge in [-0.3, -0.25) is 9.59 Å². The Bertz CT molecular complexity index is 2500. The minimum atomic E-state index is -1.21. The zero-order valence-corrected chi connectivity index (χ0v) is 34.7. The third-order valence-corrected chi connectivity index (χ3v) is 13.0. The molecule has 8 atom stereocenters. The van der Waals surface area contributed by atoms with E-state index in [1.165, 1.54) is 7.11 Å². The summed E-state index contributed by atoms with van der Waals surface area (Å²) >= 11 is 6.77. The van der Waals surface area contributed by atoms with Crippen LogP contribution in [0, 0.1) is 23.7 Å². The molecule has 5 aromatic rings. The Hall–Kier alpha value is -5.96. The van der Waals surface area contributed by atoms with Crippen molar-refractivity contribution in [2.75, 3.05) is 7.11 Å². The van der Waals surface area contributed by atoms with Crippen LogP contribution >= 0.6 is 11.6 Å². The number of nitrogens with zero attached hydrogens (tertiary/aromatic N) is 5. The van der Waals surface area contributed by atoms with E-state index in [0.29, 0.717) is 34.3 Å². The van der Waals surface area contributed by atoms with Gasteiger partial charge < -0.3 is 40.2 Å². The molecule has 2 aliphatic heterocycles. The molecule has 9 rings (SSSR count). The maximum atomic E-state index is 13.8. The molecule has 3 aromatic heterocycles. The van der Waals surface area contributed by atoms with E-state index in [2.05, 4.69) is 31.7 Å². The highest BCUT2D eigenvalue weighted by Crippen LogP contribution is 2.55. The van der Waals surface area contributed by atoms with Gasteiger partial charge >= 0.3 is 12.2 Å². The first-order valence-electron chi connectivity index (χ1n) is 20.6. The maximum absolute atomic E-state index is 13.8. The first-order valence-corrected chi connectivity index (χ1v) is 21.0. The SMILES string of the molecule is COC(=O)N[C@H](C(=O)N1[C@@H]2C[C@@H]2C[C@H]1c1nc(-c2ccc(-c3ccc4nc(-c5cnc([C@@H]6C[C@H]7C[C@H]7N6C(=O)[C@@H](NC(=O)O)C(C)C)[nH]5)ccc4c3)cc2)c(Cl)[nH]1)C(C)C. The molecule has 2 aromatic carbocycles. The first kappa shape index (κ1) is 39.5. The van der Waals surface area contributed by atoms with E-state index in [1.807, 2.05) is 86.0 Å². The lowest BCUT2D eigenvalue weighted by Crippen LogP contribution is -2.52. The number of rotatable bonds is 11. The molecule has 15 nitrogen and oxygen atoms in total. The van der Waals surface area contributed by atoms with Crippen molar-refractivity contribution in [1.29, 1.82) is 0 Å². The minimum Gasteiger partial charge on any atom is -0.465 e. The molecule has 2 saturated carbocycles. The highest BCUT2D eigenvalue weighted by molar-refractivity contribution is 6.32. The van der Waals surface area contributed by atoms with E-state index in [1.54, 1.807) is 6.20 Å². The zero-order chi connectivity index (χ0) is 42.1. The number of likely N-dealkylation sites (tertiary alicyclic amines) is 2. The predicted molar refractivity (Wildman–Crippen MR) is 224 cm³/mol. The lowest BCUT2D eigenvalue weighted by Gasteiger charge is -2.31. The summed E-state index contributed by atoms with van der Waals surface area (Å²) in [6, 6.07) is 16.3. The van der Waals surface area contributed by atoms with Crippen LogP contribution in [-0.4, -0.2) is 95.1 Å². The number of carbonyl (C=O) groups excluding carboxylic acids is 3. The fourth-order valence-corrected chi connectivity index (χ4v) is 9.58. The van der Waals surface area contributed by atoms with E-state index in [0.717, 1.165) is 64.7 Å². The number of halogens is 1. The van der Waals surface area contributed by atoms with Gasteiger partial charge in [0.25, 0.3) is 0 Å². The van der Waals surface area contributed by atoms with Crippen molar-refractivity contribution in [3.63, 3.8) is 0 Å². The van der Waals surface area contributed by atoms with E-state index in [4.69, 9.17) is 26.3 Å². The van der Waals surface area contributed by atoms with E-state index >= 15 is 0 Å². The highest BCUT2D eigenvalue weighted by atomic mass is 35.5. The number of piperidine rings is 2. The fourth-order valence-electron chi connectivity index (χ4n) is 9.33. The van der Waals surface area contributed by atoms with Crippen LogP contribution in [0.2, 0.25) is 5.15 Å². The standard InChI is InChI=1S/C44H48ClN9O6/c1-20(2)35(50-43(57)58)41(55)53-31-15-26(31)17-33(53)39-46-19-30(48-39)29-13-11-25-14-24(10-12-28(25)47-29)22-6-8-23(9-7-22)37-38(45)52-40(49-37)34-18-27-16-32(27)54(34)42(56)36(21(3)4)51-44(59)60-5/h6-14,19-21,26-27,31-36,50H,15-18H2,1-5H3,(H,46,48)(H,49,52)(H,51,59)(H,57,58)/t26-,27-,31-,32-,33+,34+,35+,36+/m1/s1. The number of benzene rings is 2. The molecule has 0 radical (unpaired) electrons. The number of hydrogen-bond donors (Lipinski definition) is 5. The van der Waals surface area contributed by atoms with Crippen molar-refractivity contribution < 1.29 is 29.0 Å². The lowest BCUT2D eigenvalue weighted by molar-refractivity contribution is -0.137. The molecule has 4 aliphatic rings. The van der Waals surface area contributed by atoms with Gasteiger partial charge in [-0.15, -0.1) is 0 Å². The van der Waals surface area contributed by atoms with Crippen LogP contribution in [0.25, 0.3) is 44.7 Å². The normalized spacial score (nSPS) is 23.7. The lowest BCUT2D eigenvalue weighted by atomic mass is 10.0. The number of fused-ring (bicyclic) bond motifs is 3. The molecular weight excluding hydrogens is 786 g/mol. The van der Waals surface area contributed by atoms with Gasteiger partial charge in [-0.1, -0.05) is 75.7 Å². The largest absolute Gasteiger partial charge is 0.465 e. The van der Waals surface area contributed by atoms with Crippen LogP contribution in [0.3, 0.4) is 0 Å².